The van der Waals surface area contributed by atoms with Crippen molar-refractivity contribution in [2.45, 2.75) is 83.2 Å². The molecule has 4 rings (SSSR count). The van der Waals surface area contributed by atoms with Crippen molar-refractivity contribution in [1.82, 2.24) is 15.1 Å². The van der Waals surface area contributed by atoms with Gasteiger partial charge in [-0.2, -0.15) is 31.4 Å². The lowest BCUT2D eigenvalue weighted by atomic mass is 9.74. The Hall–Kier alpha value is -2.80. The first kappa shape index (κ1) is 33.1. The van der Waals surface area contributed by atoms with E-state index in [4.69, 9.17) is 27.9 Å². The Bertz CT molecular complexity index is 1380. The summed E-state index contributed by atoms with van der Waals surface area (Å²) in [6.45, 7) is 3.46. The summed E-state index contributed by atoms with van der Waals surface area (Å²) in [5.41, 5.74) is -6.05. The first-order chi connectivity index (χ1) is 19.9. The molecule has 0 radical (unpaired) electrons. The normalized spacial score (nSPS) is 22.5. The molecule has 236 valence electrons. The Kier molecular flexibility index (Phi) is 9.20. The number of hydrogen-bond acceptors (Lipinski definition) is 5. The largest absolute Gasteiger partial charge is 0.466 e. The molecule has 2 aromatic rings. The molecule has 2 fully saturated rings. The van der Waals surface area contributed by atoms with E-state index in [1.54, 1.807) is 13.8 Å². The number of nitrogens with zero attached hydrogens (tertiary/aromatic N) is 2. The minimum absolute atomic E-state index is 0.119. The third-order valence-corrected chi connectivity index (χ3v) is 9.07. The van der Waals surface area contributed by atoms with Gasteiger partial charge in [-0.25, -0.2) is 0 Å². The molecule has 1 unspecified atom stereocenters. The van der Waals surface area contributed by atoms with Crippen LogP contribution >= 0.6 is 23.2 Å². The predicted molar refractivity (Wildman–Crippen MR) is 144 cm³/mol. The smallest absolute Gasteiger partial charge is 0.433 e. The SMILES string of the molecule is CCOC(=O)C1(C)CCC(n2ncc(C(=O)NC(CC(=O)c3c(Cl)cccc3Cl)C3(C(F)(F)F)CC3)c2C(F)(F)F)CC1. The van der Waals surface area contributed by atoms with E-state index in [1.807, 2.05) is 0 Å². The molecule has 2 saturated carbocycles. The maximum atomic E-state index is 14.4. The van der Waals surface area contributed by atoms with E-state index in [-0.39, 0.29) is 47.9 Å². The highest BCUT2D eigenvalue weighted by molar-refractivity contribution is 6.39. The summed E-state index contributed by atoms with van der Waals surface area (Å²) in [7, 11) is 0. The van der Waals surface area contributed by atoms with Gasteiger partial charge < -0.3 is 10.1 Å². The average molecular weight is 656 g/mol. The van der Waals surface area contributed by atoms with Crippen LogP contribution < -0.4 is 5.32 Å². The van der Waals surface area contributed by atoms with Gasteiger partial charge in [0.2, 0.25) is 0 Å². The highest BCUT2D eigenvalue weighted by Crippen LogP contribution is 2.60. The van der Waals surface area contributed by atoms with E-state index in [2.05, 4.69) is 10.4 Å². The van der Waals surface area contributed by atoms with Crippen LogP contribution in [0, 0.1) is 10.8 Å². The monoisotopic (exact) mass is 655 g/mol. The molecule has 1 atom stereocenters. The Balaban J connectivity index is 1.63. The number of ketones is 1. The highest BCUT2D eigenvalue weighted by atomic mass is 35.5. The van der Waals surface area contributed by atoms with Crippen LogP contribution in [0.5, 0.6) is 0 Å². The molecule has 1 N–H and O–H groups in total. The molecule has 2 aliphatic carbocycles. The predicted octanol–water partition coefficient (Wildman–Crippen LogP) is 7.61. The van der Waals surface area contributed by atoms with E-state index in [0.717, 1.165) is 0 Å². The molecule has 43 heavy (non-hydrogen) atoms. The van der Waals surface area contributed by atoms with Gasteiger partial charge in [0.05, 0.1) is 56.9 Å². The summed E-state index contributed by atoms with van der Waals surface area (Å²) in [5, 5.41) is 5.65. The maximum Gasteiger partial charge on any atom is 0.433 e. The lowest BCUT2D eigenvalue weighted by Crippen LogP contribution is -2.49. The average Bonchev–Trinajstić information content (AvgIpc) is 3.60. The van der Waals surface area contributed by atoms with Gasteiger partial charge in [0.15, 0.2) is 11.5 Å². The molecule has 1 amide bonds. The second-order valence-corrected chi connectivity index (χ2v) is 12.1. The number of carbonyl (C=O) groups excluding carboxylic acids is 3. The van der Waals surface area contributed by atoms with Crippen LogP contribution in [0.4, 0.5) is 26.3 Å². The topological polar surface area (TPSA) is 90.3 Å². The molecule has 1 aromatic heterocycles. The summed E-state index contributed by atoms with van der Waals surface area (Å²) in [5.74, 6) is -2.82. The molecule has 1 aromatic carbocycles. The van der Waals surface area contributed by atoms with Crippen molar-refractivity contribution in [1.29, 1.82) is 0 Å². The molecule has 0 spiro atoms. The zero-order chi connectivity index (χ0) is 32.0. The lowest BCUT2D eigenvalue weighted by Gasteiger charge is -2.35. The van der Waals surface area contributed by atoms with Crippen molar-refractivity contribution in [3.63, 3.8) is 0 Å². The highest BCUT2D eigenvalue weighted by Gasteiger charge is 2.67. The third-order valence-electron chi connectivity index (χ3n) is 8.44. The molecule has 1 heterocycles. The third kappa shape index (κ3) is 6.52. The number of halogens is 8. The molecule has 0 bridgehead atoms. The molecular weight excluding hydrogens is 627 g/mol. The Morgan fingerprint density at radius 1 is 1.07 bits per heavy atom. The molecular formula is C28H29Cl2F6N3O4. The van der Waals surface area contributed by atoms with Gasteiger partial charge in [-0.05, 0) is 64.5 Å². The first-order valence-corrected chi connectivity index (χ1v) is 14.4. The summed E-state index contributed by atoms with van der Waals surface area (Å²) in [6, 6.07) is 1.33. The zero-order valence-electron chi connectivity index (χ0n) is 23.2. The van der Waals surface area contributed by atoms with E-state index in [1.165, 1.54) is 18.2 Å². The Morgan fingerprint density at radius 3 is 2.14 bits per heavy atom. The van der Waals surface area contributed by atoms with Crippen LogP contribution in [0.15, 0.2) is 24.4 Å². The van der Waals surface area contributed by atoms with Crippen molar-refractivity contribution >= 4 is 40.9 Å². The van der Waals surface area contributed by atoms with E-state index in [9.17, 15) is 40.7 Å². The molecule has 2 aliphatic rings. The van der Waals surface area contributed by atoms with Crippen molar-refractivity contribution in [2.24, 2.45) is 10.8 Å². The number of amides is 1. The second-order valence-electron chi connectivity index (χ2n) is 11.3. The second kappa shape index (κ2) is 11.9. The van der Waals surface area contributed by atoms with Crippen molar-refractivity contribution in [3.8, 4) is 0 Å². The van der Waals surface area contributed by atoms with Gasteiger partial charge in [-0.3, -0.25) is 19.1 Å². The zero-order valence-corrected chi connectivity index (χ0v) is 24.7. The van der Waals surface area contributed by atoms with Gasteiger partial charge in [0.1, 0.15) is 0 Å². The summed E-state index contributed by atoms with van der Waals surface area (Å²) >= 11 is 12.1. The number of hydrogen-bond donors (Lipinski definition) is 1. The number of esters is 1. The molecule has 0 aliphatic heterocycles. The Labute approximate surface area is 253 Å². The lowest BCUT2D eigenvalue weighted by molar-refractivity contribution is -0.194. The van der Waals surface area contributed by atoms with E-state index >= 15 is 0 Å². The fraction of sp³-hybridized carbons (Fsp3) is 0.571. The minimum atomic E-state index is -5.09. The number of alkyl halides is 6. The summed E-state index contributed by atoms with van der Waals surface area (Å²) < 4.78 is 91.2. The van der Waals surface area contributed by atoms with Crippen LogP contribution in [-0.2, 0) is 15.7 Å². The van der Waals surface area contributed by atoms with E-state index < -0.39 is 83.4 Å². The number of aromatic nitrogens is 2. The van der Waals surface area contributed by atoms with Crippen LogP contribution in [0.2, 0.25) is 10.0 Å². The number of ether oxygens (including phenoxy) is 1. The fourth-order valence-electron chi connectivity index (χ4n) is 5.72. The first-order valence-electron chi connectivity index (χ1n) is 13.6. The van der Waals surface area contributed by atoms with Crippen LogP contribution in [0.25, 0.3) is 0 Å². The van der Waals surface area contributed by atoms with Gasteiger partial charge in [0, 0.05) is 6.42 Å². The number of carbonyl (C=O) groups is 3. The molecule has 15 heteroatoms. The maximum absolute atomic E-state index is 14.4. The van der Waals surface area contributed by atoms with Crippen LogP contribution in [0.3, 0.4) is 0 Å². The summed E-state index contributed by atoms with van der Waals surface area (Å²) in [4.78, 5) is 38.7. The van der Waals surface area contributed by atoms with Crippen molar-refractivity contribution < 1.29 is 45.5 Å². The summed E-state index contributed by atoms with van der Waals surface area (Å²) in [6.07, 6.45) is -10.4. The van der Waals surface area contributed by atoms with Gasteiger partial charge in [-0.1, -0.05) is 29.3 Å². The quantitative estimate of drug-likeness (QED) is 0.171. The fourth-order valence-corrected chi connectivity index (χ4v) is 6.33. The number of Topliss-reactive ketones (excluding diaryl/α,β-unsaturated/α-hetero) is 1. The van der Waals surface area contributed by atoms with Crippen molar-refractivity contribution in [3.05, 3.63) is 51.3 Å². The Morgan fingerprint density at radius 2 is 1.65 bits per heavy atom. The number of benzene rings is 1. The minimum Gasteiger partial charge on any atom is -0.466 e. The van der Waals surface area contributed by atoms with Crippen LogP contribution in [-0.4, -0.2) is 46.3 Å². The molecule has 7 nitrogen and oxygen atoms in total. The number of nitrogens with one attached hydrogen (secondary N) is 1. The number of rotatable bonds is 9. The van der Waals surface area contributed by atoms with E-state index in [0.29, 0.717) is 10.9 Å². The molecule has 0 saturated heterocycles. The van der Waals surface area contributed by atoms with Gasteiger partial charge in [0.25, 0.3) is 5.91 Å². The van der Waals surface area contributed by atoms with Gasteiger partial charge >= 0.3 is 18.3 Å². The van der Waals surface area contributed by atoms with Crippen molar-refractivity contribution in [2.75, 3.05) is 6.61 Å². The van der Waals surface area contributed by atoms with Gasteiger partial charge in [-0.15, -0.1) is 0 Å². The van der Waals surface area contributed by atoms with Crippen LogP contribution in [0.1, 0.15) is 91.2 Å². The standard InChI is InChI=1S/C28H29Cl2F6N3O4/c1-3-43-24(42)25(2)9-7-15(8-10-25)39-22(27(31,32)33)16(14-37-39)23(41)38-20(26(11-12-26)28(34,35)36)13-19(40)21-17(29)5-4-6-18(21)30/h4-6,14-15,20H,3,7-13H2,1-2H3,(H,38,41).